The van der Waals surface area contributed by atoms with Crippen LogP contribution in [-0.2, 0) is 23.8 Å². The minimum absolute atomic E-state index is 0.0444. The molecule has 11 nitrogen and oxygen atoms in total. The van der Waals surface area contributed by atoms with Crippen LogP contribution in [0.15, 0.2) is 67.0 Å². The Hall–Kier alpha value is -3.61. The molecule has 4 heterocycles. The van der Waals surface area contributed by atoms with Gasteiger partial charge in [0.15, 0.2) is 35.1 Å². The molecule has 0 spiro atoms. The number of fused-ring (bicyclic) bond motifs is 2. The number of imidazole rings is 1. The van der Waals surface area contributed by atoms with Crippen molar-refractivity contribution >= 4 is 34.5 Å². The number of hydroxylamine groups is 2. The summed E-state index contributed by atoms with van der Waals surface area (Å²) >= 11 is 6.43. The second-order valence-corrected chi connectivity index (χ2v) is 10.8. The number of benzene rings is 2. The molecular weight excluding hydrogens is 548 g/mol. The van der Waals surface area contributed by atoms with Gasteiger partial charge in [-0.05, 0) is 36.6 Å². The largest absolute Gasteiger partial charge is 0.367 e. The van der Waals surface area contributed by atoms with Gasteiger partial charge in [0.05, 0.1) is 13.4 Å². The highest BCUT2D eigenvalue weighted by Gasteiger charge is 2.59. The van der Waals surface area contributed by atoms with E-state index in [4.69, 9.17) is 30.6 Å². The van der Waals surface area contributed by atoms with E-state index in [1.165, 1.54) is 14.2 Å². The zero-order valence-corrected chi connectivity index (χ0v) is 23.9. The van der Waals surface area contributed by atoms with Gasteiger partial charge in [0, 0.05) is 19.5 Å². The van der Waals surface area contributed by atoms with Gasteiger partial charge in [-0.1, -0.05) is 60.7 Å². The first-order chi connectivity index (χ1) is 19.8. The highest BCUT2D eigenvalue weighted by molar-refractivity contribution is 6.28. The van der Waals surface area contributed by atoms with E-state index in [1.54, 1.807) is 24.7 Å². The number of aromatic nitrogens is 4. The summed E-state index contributed by atoms with van der Waals surface area (Å²) in [6.07, 6.45) is -1.39. The monoisotopic (exact) mass is 578 g/mol. The summed E-state index contributed by atoms with van der Waals surface area (Å²) in [6, 6.07) is 20.5. The van der Waals surface area contributed by atoms with Crippen LogP contribution >= 0.6 is 11.6 Å². The van der Waals surface area contributed by atoms with Crippen molar-refractivity contribution in [1.29, 1.82) is 0 Å². The van der Waals surface area contributed by atoms with Crippen molar-refractivity contribution < 1.29 is 23.8 Å². The van der Waals surface area contributed by atoms with Crippen molar-refractivity contribution in [3.8, 4) is 0 Å². The number of nitrogens with one attached hydrogen (secondary N) is 1. The summed E-state index contributed by atoms with van der Waals surface area (Å²) in [4.78, 5) is 31.7. The third-order valence-electron chi connectivity index (χ3n) is 7.40. The summed E-state index contributed by atoms with van der Waals surface area (Å²) in [5, 5.41) is 4.61. The molecule has 6 rings (SSSR count). The van der Waals surface area contributed by atoms with Crippen LogP contribution in [0.3, 0.4) is 0 Å². The second kappa shape index (κ2) is 11.0. The first-order valence-electron chi connectivity index (χ1n) is 13.3. The number of carbonyl (C=O) groups is 1. The molecule has 2 saturated heterocycles. The Bertz CT molecular complexity index is 1500. The number of amides is 1. The van der Waals surface area contributed by atoms with E-state index in [0.29, 0.717) is 23.5 Å². The van der Waals surface area contributed by atoms with Crippen LogP contribution in [0.25, 0.3) is 11.2 Å². The molecule has 0 saturated carbocycles. The minimum Gasteiger partial charge on any atom is -0.367 e. The third kappa shape index (κ3) is 5.27. The summed E-state index contributed by atoms with van der Waals surface area (Å²) in [5.74, 6) is -0.765. The van der Waals surface area contributed by atoms with E-state index in [2.05, 4.69) is 44.5 Å². The topological polar surface area (TPSA) is 113 Å². The Balaban J connectivity index is 1.32. The predicted molar refractivity (Wildman–Crippen MR) is 151 cm³/mol. The maximum absolute atomic E-state index is 13.1. The Morgan fingerprint density at radius 2 is 1.71 bits per heavy atom. The van der Waals surface area contributed by atoms with Crippen molar-refractivity contribution in [2.45, 2.75) is 50.1 Å². The average Bonchev–Trinajstić information content (AvgIpc) is 3.63. The molecule has 4 aromatic rings. The zero-order chi connectivity index (χ0) is 28.7. The van der Waals surface area contributed by atoms with Crippen molar-refractivity contribution in [3.63, 3.8) is 0 Å². The lowest BCUT2D eigenvalue weighted by atomic mass is 9.91. The van der Waals surface area contributed by atoms with E-state index >= 15 is 0 Å². The van der Waals surface area contributed by atoms with E-state index in [9.17, 15) is 4.79 Å². The smallest absolute Gasteiger partial charge is 0.277 e. The standard InChI is InChI=1S/C29H31ClN6O5/c1-29(2)40-21-22(26(37)35(3)38-4)39-27(23(21)41-29)36-16-32-20-24(33-28(30)34-25(20)36)31-15-19(17-11-7-5-8-12-17)18-13-9-6-10-14-18/h5-14,16,19,21-23,27H,15H2,1-4H3,(H,31,33,34)/t21-,22+,23-,27-/m1/s1. The van der Waals surface area contributed by atoms with Crippen LogP contribution in [0.2, 0.25) is 5.28 Å². The van der Waals surface area contributed by atoms with Gasteiger partial charge in [0.1, 0.15) is 12.2 Å². The lowest BCUT2D eigenvalue weighted by Crippen LogP contribution is -2.43. The summed E-state index contributed by atoms with van der Waals surface area (Å²) in [6.45, 7) is 4.14. The van der Waals surface area contributed by atoms with Gasteiger partial charge in [0.2, 0.25) is 5.28 Å². The summed E-state index contributed by atoms with van der Waals surface area (Å²) < 4.78 is 20.2. The van der Waals surface area contributed by atoms with E-state index in [-0.39, 0.29) is 11.2 Å². The van der Waals surface area contributed by atoms with Crippen molar-refractivity contribution in [3.05, 3.63) is 83.4 Å². The van der Waals surface area contributed by atoms with E-state index in [0.717, 1.165) is 16.2 Å². The molecule has 2 aromatic heterocycles. The van der Waals surface area contributed by atoms with Gasteiger partial charge < -0.3 is 19.5 Å². The number of carbonyl (C=O) groups excluding carboxylic acids is 1. The lowest BCUT2D eigenvalue weighted by molar-refractivity contribution is -0.211. The highest BCUT2D eigenvalue weighted by atomic mass is 35.5. The maximum Gasteiger partial charge on any atom is 0.277 e. The average molecular weight is 579 g/mol. The quantitative estimate of drug-likeness (QED) is 0.243. The molecule has 2 aromatic carbocycles. The number of likely N-dealkylation sites (N-methyl/N-ethyl adjacent to an activating group) is 1. The molecule has 0 aliphatic carbocycles. The van der Waals surface area contributed by atoms with Gasteiger partial charge >= 0.3 is 0 Å². The number of anilines is 1. The van der Waals surface area contributed by atoms with E-state index < -0.39 is 36.2 Å². The van der Waals surface area contributed by atoms with Crippen LogP contribution in [-0.4, -0.2) is 75.3 Å². The zero-order valence-electron chi connectivity index (χ0n) is 23.1. The molecular formula is C29H31ClN6O5. The molecule has 2 fully saturated rings. The van der Waals surface area contributed by atoms with Crippen molar-refractivity contribution in [2.75, 3.05) is 26.0 Å². The Kier molecular flexibility index (Phi) is 7.39. The molecule has 1 amide bonds. The number of hydrogen-bond donors (Lipinski definition) is 1. The molecule has 0 unspecified atom stereocenters. The van der Waals surface area contributed by atoms with Gasteiger partial charge in [-0.25, -0.2) is 10.0 Å². The normalized spacial score (nSPS) is 23.2. The fourth-order valence-corrected chi connectivity index (χ4v) is 5.63. The second-order valence-electron chi connectivity index (χ2n) is 10.5. The predicted octanol–water partition coefficient (Wildman–Crippen LogP) is 4.16. The fraction of sp³-hybridized carbons (Fsp3) is 0.379. The number of halogens is 1. The fourth-order valence-electron chi connectivity index (χ4n) is 5.47. The van der Waals surface area contributed by atoms with Gasteiger partial charge in [-0.15, -0.1) is 0 Å². The lowest BCUT2D eigenvalue weighted by Gasteiger charge is -2.25. The molecule has 0 bridgehead atoms. The molecule has 214 valence electrons. The Morgan fingerprint density at radius 1 is 1.07 bits per heavy atom. The van der Waals surface area contributed by atoms with Gasteiger partial charge in [0.25, 0.3) is 5.91 Å². The van der Waals surface area contributed by atoms with Crippen LogP contribution in [0, 0.1) is 0 Å². The van der Waals surface area contributed by atoms with Gasteiger partial charge in [-0.2, -0.15) is 9.97 Å². The van der Waals surface area contributed by atoms with E-state index in [1.807, 2.05) is 36.4 Å². The number of nitrogens with zero attached hydrogens (tertiary/aromatic N) is 5. The van der Waals surface area contributed by atoms with Crippen molar-refractivity contribution in [1.82, 2.24) is 24.6 Å². The summed E-state index contributed by atoms with van der Waals surface area (Å²) in [7, 11) is 2.93. The van der Waals surface area contributed by atoms with Crippen LogP contribution in [0.4, 0.5) is 5.82 Å². The van der Waals surface area contributed by atoms with Crippen LogP contribution < -0.4 is 5.32 Å². The first-order valence-corrected chi connectivity index (χ1v) is 13.7. The number of hydrogen-bond acceptors (Lipinski definition) is 9. The van der Waals surface area contributed by atoms with Crippen molar-refractivity contribution in [2.24, 2.45) is 0 Å². The molecule has 41 heavy (non-hydrogen) atoms. The molecule has 4 atom stereocenters. The minimum atomic E-state index is -0.957. The first kappa shape index (κ1) is 27.6. The van der Waals surface area contributed by atoms with Crippen LogP contribution in [0.1, 0.15) is 37.1 Å². The molecule has 2 aliphatic rings. The number of ether oxygens (including phenoxy) is 3. The summed E-state index contributed by atoms with van der Waals surface area (Å²) in [5.41, 5.74) is 3.28. The number of rotatable bonds is 8. The SMILES string of the molecule is CON(C)C(=O)[C@H]1O[C@@H](n2cnc3c(NCC(c4ccccc4)c4ccccc4)nc(Cl)nc32)[C@@H]2OC(C)(C)O[C@@H]21. The third-order valence-corrected chi connectivity index (χ3v) is 7.57. The molecule has 0 radical (unpaired) electrons. The van der Waals surface area contributed by atoms with Crippen LogP contribution in [0.5, 0.6) is 0 Å². The van der Waals surface area contributed by atoms with Gasteiger partial charge in [-0.3, -0.25) is 14.2 Å². The maximum atomic E-state index is 13.1. The Morgan fingerprint density at radius 3 is 2.34 bits per heavy atom. The molecule has 1 N–H and O–H groups in total. The highest BCUT2D eigenvalue weighted by Crippen LogP contribution is 2.44. The molecule has 12 heteroatoms. The molecule has 2 aliphatic heterocycles. The Labute approximate surface area is 242 Å².